The zero-order valence-corrected chi connectivity index (χ0v) is 15.7. The first kappa shape index (κ1) is 19.2. The molecule has 0 aliphatic carbocycles. The summed E-state index contributed by atoms with van der Waals surface area (Å²) in [4.78, 5) is 51.3. The fraction of sp³-hybridized carbons (Fsp3) is 0.400. The summed E-state index contributed by atoms with van der Waals surface area (Å²) in [5, 5.41) is 20.6. The summed E-state index contributed by atoms with van der Waals surface area (Å²) in [5.41, 5.74) is 0.714. The summed E-state index contributed by atoms with van der Waals surface area (Å²) in [6.45, 7) is 1.02. The van der Waals surface area contributed by atoms with Gasteiger partial charge in [0.15, 0.2) is 4.80 Å². The smallest absolute Gasteiger partial charge is 0.352 e. The highest BCUT2D eigenvalue weighted by Gasteiger charge is 2.54. The van der Waals surface area contributed by atoms with Crippen LogP contribution in [-0.4, -0.2) is 62.5 Å². The van der Waals surface area contributed by atoms with E-state index in [2.05, 4.69) is 10.3 Å². The number of hydrogen-bond acceptors (Lipinski definition) is 8. The molecule has 144 valence electrons. The Morgan fingerprint density at radius 1 is 1.48 bits per heavy atom. The Morgan fingerprint density at radius 2 is 2.22 bits per heavy atom. The number of nitrogens with zero attached hydrogens (tertiary/aromatic N) is 1. The molecule has 0 radical (unpaired) electrons. The van der Waals surface area contributed by atoms with Crippen LogP contribution in [0.25, 0.3) is 0 Å². The first-order valence-electron chi connectivity index (χ1n) is 7.82. The molecular weight excluding hydrogens is 396 g/mol. The number of rotatable bonds is 6. The Morgan fingerprint density at radius 3 is 2.81 bits per heavy atom. The lowest BCUT2D eigenvalue weighted by Crippen LogP contribution is -2.70. The molecule has 12 heteroatoms. The summed E-state index contributed by atoms with van der Waals surface area (Å²) in [6.07, 6.45) is -0.00409. The zero-order chi connectivity index (χ0) is 19.7. The number of nitrogens with one attached hydrogen (secondary N) is 3. The number of carboxylic acid groups (broad SMARTS) is 1. The molecule has 1 aromatic rings. The fourth-order valence-corrected chi connectivity index (χ4v) is 4.72. The number of aromatic amines is 1. The number of amides is 2. The quantitative estimate of drug-likeness (QED) is 0.359. The van der Waals surface area contributed by atoms with Gasteiger partial charge in [-0.1, -0.05) is 0 Å². The van der Waals surface area contributed by atoms with Crippen LogP contribution < -0.4 is 10.1 Å². The van der Waals surface area contributed by atoms with Crippen LogP contribution in [0, 0.1) is 5.41 Å². The van der Waals surface area contributed by atoms with E-state index in [0.717, 1.165) is 16.2 Å². The molecule has 0 saturated carbocycles. The van der Waals surface area contributed by atoms with E-state index in [9.17, 15) is 24.3 Å². The van der Waals surface area contributed by atoms with Crippen molar-refractivity contribution >= 4 is 46.9 Å². The van der Waals surface area contributed by atoms with E-state index in [1.54, 1.807) is 5.38 Å². The number of carbonyl (C=O) groups excluding carboxylic acids is 3. The number of β-lactam (4-membered cyclic amide) rings is 1. The van der Waals surface area contributed by atoms with Gasteiger partial charge in [0.25, 0.3) is 5.91 Å². The Labute approximate surface area is 161 Å². The molecule has 10 nitrogen and oxygen atoms in total. The van der Waals surface area contributed by atoms with Crippen LogP contribution in [0.5, 0.6) is 0 Å². The molecule has 3 heterocycles. The van der Waals surface area contributed by atoms with Crippen LogP contribution in [0.4, 0.5) is 0 Å². The molecule has 0 spiro atoms. The zero-order valence-electron chi connectivity index (χ0n) is 14.1. The van der Waals surface area contributed by atoms with Crippen molar-refractivity contribution in [2.45, 2.75) is 24.8 Å². The van der Waals surface area contributed by atoms with Crippen LogP contribution in [0.15, 0.2) is 16.7 Å². The van der Waals surface area contributed by atoms with Gasteiger partial charge in [0, 0.05) is 29.3 Å². The third-order valence-electron chi connectivity index (χ3n) is 3.96. The third kappa shape index (κ3) is 3.90. The molecule has 1 fully saturated rings. The lowest BCUT2D eigenvalue weighted by Gasteiger charge is -2.49. The van der Waals surface area contributed by atoms with Crippen molar-refractivity contribution in [1.82, 2.24) is 15.2 Å². The number of aliphatic carboxylic acids is 1. The van der Waals surface area contributed by atoms with E-state index in [1.807, 2.05) is 0 Å². The molecule has 1 aromatic heterocycles. The number of esters is 1. The SMILES string of the molecule is CC(=O)OCC1=C(C(=O)O)N2C(=O)[C@@H](NC(=O)Cc3csc(=N)[nH]3)[C@H]2SC1. The highest BCUT2D eigenvalue weighted by molar-refractivity contribution is 8.00. The summed E-state index contributed by atoms with van der Waals surface area (Å²) < 4.78 is 4.87. The van der Waals surface area contributed by atoms with E-state index in [0.29, 0.717) is 11.3 Å². The van der Waals surface area contributed by atoms with E-state index >= 15 is 0 Å². The van der Waals surface area contributed by atoms with E-state index in [-0.39, 0.29) is 29.3 Å². The number of ether oxygens (including phenoxy) is 1. The number of hydrogen-bond donors (Lipinski definition) is 4. The maximum atomic E-state index is 12.4. The van der Waals surface area contributed by atoms with Gasteiger partial charge in [-0.15, -0.1) is 23.1 Å². The fourth-order valence-electron chi connectivity index (χ4n) is 2.80. The maximum Gasteiger partial charge on any atom is 0.352 e. The number of fused-ring (bicyclic) bond motifs is 1. The maximum absolute atomic E-state index is 12.4. The van der Waals surface area contributed by atoms with Crippen molar-refractivity contribution in [2.24, 2.45) is 0 Å². The number of thioether (sulfide) groups is 1. The lowest BCUT2D eigenvalue weighted by molar-refractivity contribution is -0.151. The molecule has 2 aliphatic rings. The summed E-state index contributed by atoms with van der Waals surface area (Å²) >= 11 is 2.46. The van der Waals surface area contributed by atoms with Crippen molar-refractivity contribution in [3.8, 4) is 0 Å². The second kappa shape index (κ2) is 7.56. The van der Waals surface area contributed by atoms with Crippen molar-refractivity contribution in [1.29, 1.82) is 5.41 Å². The number of thiazole rings is 1. The predicted octanol–water partition coefficient (Wildman–Crippen LogP) is -0.600. The van der Waals surface area contributed by atoms with Gasteiger partial charge in [-0.2, -0.15) is 0 Å². The van der Waals surface area contributed by atoms with Gasteiger partial charge >= 0.3 is 11.9 Å². The minimum Gasteiger partial charge on any atom is -0.477 e. The van der Waals surface area contributed by atoms with Crippen LogP contribution in [0.3, 0.4) is 0 Å². The highest BCUT2D eigenvalue weighted by atomic mass is 32.2. The monoisotopic (exact) mass is 412 g/mol. The van der Waals surface area contributed by atoms with Crippen LogP contribution >= 0.6 is 23.1 Å². The average Bonchev–Trinajstić information content (AvgIpc) is 3.01. The van der Waals surface area contributed by atoms with Crippen molar-refractivity contribution < 1.29 is 29.0 Å². The van der Waals surface area contributed by atoms with Crippen LogP contribution in [0.2, 0.25) is 0 Å². The van der Waals surface area contributed by atoms with Crippen molar-refractivity contribution in [2.75, 3.05) is 12.4 Å². The third-order valence-corrected chi connectivity index (χ3v) is 6.04. The molecule has 2 aliphatic heterocycles. The molecule has 27 heavy (non-hydrogen) atoms. The van der Waals surface area contributed by atoms with E-state index < -0.39 is 35.2 Å². The van der Waals surface area contributed by atoms with Gasteiger partial charge in [0.1, 0.15) is 23.7 Å². The van der Waals surface area contributed by atoms with Crippen LogP contribution in [-0.2, 0) is 30.3 Å². The van der Waals surface area contributed by atoms with Crippen molar-refractivity contribution in [3.63, 3.8) is 0 Å². The van der Waals surface area contributed by atoms with Gasteiger partial charge < -0.3 is 20.1 Å². The number of carboxylic acids is 1. The van der Waals surface area contributed by atoms with Crippen LogP contribution in [0.1, 0.15) is 12.6 Å². The van der Waals surface area contributed by atoms with Gasteiger partial charge in [0.2, 0.25) is 5.91 Å². The summed E-state index contributed by atoms with van der Waals surface area (Å²) in [6, 6.07) is -0.818. The highest BCUT2D eigenvalue weighted by Crippen LogP contribution is 2.40. The molecule has 1 saturated heterocycles. The second-order valence-corrected chi connectivity index (χ2v) is 7.87. The molecule has 2 atom stereocenters. The number of aromatic nitrogens is 1. The molecule has 4 N–H and O–H groups in total. The van der Waals surface area contributed by atoms with Gasteiger partial charge in [-0.3, -0.25) is 24.7 Å². The average molecular weight is 412 g/mol. The molecule has 0 unspecified atom stereocenters. The van der Waals surface area contributed by atoms with E-state index in [4.69, 9.17) is 10.1 Å². The lowest BCUT2D eigenvalue weighted by atomic mass is 10.0. The normalized spacial score (nSPS) is 21.4. The minimum absolute atomic E-state index is 0.00409. The van der Waals surface area contributed by atoms with Gasteiger partial charge in [-0.05, 0) is 0 Å². The number of carbonyl (C=O) groups is 4. The Hall–Kier alpha value is -2.60. The molecule has 2 amide bonds. The summed E-state index contributed by atoms with van der Waals surface area (Å²) in [5.74, 6) is -2.46. The first-order valence-corrected chi connectivity index (χ1v) is 9.74. The van der Waals surface area contributed by atoms with E-state index in [1.165, 1.54) is 18.7 Å². The Kier molecular flexibility index (Phi) is 5.37. The molecule has 0 aromatic carbocycles. The first-order chi connectivity index (χ1) is 12.8. The van der Waals surface area contributed by atoms with Gasteiger partial charge in [-0.25, -0.2) is 4.79 Å². The standard InChI is InChI=1S/C15H16N4O6S2/c1-6(20)25-3-7-4-26-13-10(12(22)19(13)11(7)14(23)24)18-9(21)2-8-5-27-15(16)17-8/h5,10,13H,2-4H2,1H3,(H2,16,17)(H,18,21)(H,23,24)/t10-,13-/m1/s1. The Bertz CT molecular complexity index is 904. The minimum atomic E-state index is -1.28. The largest absolute Gasteiger partial charge is 0.477 e. The van der Waals surface area contributed by atoms with Gasteiger partial charge in [0.05, 0.1) is 6.42 Å². The predicted molar refractivity (Wildman–Crippen MR) is 94.5 cm³/mol. The molecular formula is C15H16N4O6S2. The molecule has 0 bridgehead atoms. The number of H-pyrrole nitrogens is 1. The Balaban J connectivity index is 1.69. The second-order valence-electron chi connectivity index (χ2n) is 5.88. The summed E-state index contributed by atoms with van der Waals surface area (Å²) in [7, 11) is 0. The topological polar surface area (TPSA) is 153 Å². The molecule has 3 rings (SSSR count). The van der Waals surface area contributed by atoms with Crippen molar-refractivity contribution in [3.05, 3.63) is 27.1 Å².